The number of benzene rings is 1. The third-order valence-electron chi connectivity index (χ3n) is 2.28. The van der Waals surface area contributed by atoms with Gasteiger partial charge in [-0.15, -0.1) is 11.6 Å². The van der Waals surface area contributed by atoms with Crippen LogP contribution in [-0.4, -0.2) is 18.0 Å². The lowest BCUT2D eigenvalue weighted by Gasteiger charge is -2.28. The summed E-state index contributed by atoms with van der Waals surface area (Å²) in [5, 5.41) is 3.34. The van der Waals surface area contributed by atoms with Gasteiger partial charge in [-0.25, -0.2) is 0 Å². The maximum absolute atomic E-state index is 6.09. The van der Waals surface area contributed by atoms with Gasteiger partial charge >= 0.3 is 0 Å². The van der Waals surface area contributed by atoms with Crippen LogP contribution in [0.15, 0.2) is 30.3 Å². The van der Waals surface area contributed by atoms with Crippen LogP contribution < -0.4 is 5.32 Å². The number of para-hydroxylation sites is 1. The summed E-state index contributed by atoms with van der Waals surface area (Å²) in [6, 6.07) is 10.4. The van der Waals surface area contributed by atoms with Gasteiger partial charge in [0.05, 0.1) is 5.38 Å². The highest BCUT2D eigenvalue weighted by atomic mass is 35.5. The molecule has 0 amide bonds. The number of hydrogen-bond acceptors (Lipinski definition) is 2. The molecule has 0 spiro atoms. The molecule has 2 unspecified atom stereocenters. The predicted molar refractivity (Wildman–Crippen MR) is 58.4 cm³/mol. The van der Waals surface area contributed by atoms with Gasteiger partial charge in [-0.3, -0.25) is 0 Å². The predicted octanol–water partition coefficient (Wildman–Crippen LogP) is 2.66. The van der Waals surface area contributed by atoms with E-state index in [1.54, 1.807) is 6.61 Å². The molecule has 14 heavy (non-hydrogen) atoms. The van der Waals surface area contributed by atoms with E-state index >= 15 is 0 Å². The second kappa shape index (κ2) is 4.67. The Morgan fingerprint density at radius 2 is 2.07 bits per heavy atom. The Hall–Kier alpha value is -0.730. The van der Waals surface area contributed by atoms with Crippen LogP contribution in [0, 0.1) is 6.61 Å². The summed E-state index contributed by atoms with van der Waals surface area (Å²) in [7, 11) is 0. The largest absolute Gasteiger partial charge is 0.381 e. The first-order chi connectivity index (χ1) is 6.86. The Morgan fingerprint density at radius 3 is 2.79 bits per heavy atom. The molecule has 1 saturated heterocycles. The van der Waals surface area contributed by atoms with Crippen LogP contribution in [0.25, 0.3) is 0 Å². The van der Waals surface area contributed by atoms with Crippen molar-refractivity contribution in [3.8, 4) is 0 Å². The lowest BCUT2D eigenvalue weighted by Crippen LogP contribution is -2.35. The van der Waals surface area contributed by atoms with Gasteiger partial charge in [0.2, 0.25) is 0 Å². The molecule has 1 aliphatic heterocycles. The van der Waals surface area contributed by atoms with Crippen LogP contribution in [0.5, 0.6) is 0 Å². The summed E-state index contributed by atoms with van der Waals surface area (Å²) in [5.74, 6) is 0. The Bertz CT molecular complexity index is 278. The molecule has 0 bridgehead atoms. The van der Waals surface area contributed by atoms with Crippen LogP contribution in [0.4, 0.5) is 5.69 Å². The third kappa shape index (κ3) is 2.40. The van der Waals surface area contributed by atoms with Gasteiger partial charge in [0.1, 0.15) is 6.61 Å². The number of nitrogens with one attached hydrogen (secondary N) is 1. The molecule has 2 atom stereocenters. The Morgan fingerprint density at radius 1 is 1.29 bits per heavy atom. The average molecular weight is 211 g/mol. The van der Waals surface area contributed by atoms with Crippen LogP contribution in [0.1, 0.15) is 6.42 Å². The maximum Gasteiger partial charge on any atom is 0.103 e. The fourth-order valence-corrected chi connectivity index (χ4v) is 1.77. The topological polar surface area (TPSA) is 21.3 Å². The molecular weight excluding hydrogens is 198 g/mol. The van der Waals surface area contributed by atoms with Crippen molar-refractivity contribution in [3.63, 3.8) is 0 Å². The van der Waals surface area contributed by atoms with Crippen LogP contribution in [0.2, 0.25) is 0 Å². The van der Waals surface area contributed by atoms with E-state index in [9.17, 15) is 0 Å². The second-order valence-electron chi connectivity index (χ2n) is 3.36. The lowest BCUT2D eigenvalue weighted by molar-refractivity contribution is 0.151. The zero-order valence-corrected chi connectivity index (χ0v) is 8.58. The standard InChI is InChI=1S/C11H13ClNO/c12-10-8-14-7-6-11(10)13-9-4-2-1-3-5-9/h1-5,8,10-11,13H,6-7H2. The molecule has 1 aromatic carbocycles. The minimum absolute atomic E-state index is 0.0519. The Balaban J connectivity index is 1.96. The van der Waals surface area contributed by atoms with Crippen molar-refractivity contribution in [2.24, 2.45) is 0 Å². The minimum Gasteiger partial charge on any atom is -0.381 e. The molecule has 1 aromatic rings. The van der Waals surface area contributed by atoms with Crippen molar-refractivity contribution in [1.29, 1.82) is 0 Å². The number of rotatable bonds is 2. The number of alkyl halides is 1. The number of halogens is 1. The Labute approximate surface area is 89.2 Å². The van der Waals surface area contributed by atoms with E-state index in [1.807, 2.05) is 30.3 Å². The van der Waals surface area contributed by atoms with Crippen molar-refractivity contribution < 1.29 is 4.74 Å². The van der Waals surface area contributed by atoms with E-state index in [0.29, 0.717) is 0 Å². The summed E-state index contributed by atoms with van der Waals surface area (Å²) in [4.78, 5) is 0. The van der Waals surface area contributed by atoms with Crippen LogP contribution in [0.3, 0.4) is 0 Å². The lowest BCUT2D eigenvalue weighted by atomic mass is 10.1. The molecule has 75 valence electrons. The number of ether oxygens (including phenoxy) is 1. The molecule has 1 radical (unpaired) electrons. The van der Waals surface area contributed by atoms with Crippen molar-refractivity contribution >= 4 is 17.3 Å². The summed E-state index contributed by atoms with van der Waals surface area (Å²) >= 11 is 6.09. The number of hydrogen-bond donors (Lipinski definition) is 1. The van der Waals surface area contributed by atoms with Crippen molar-refractivity contribution in [2.75, 3.05) is 11.9 Å². The molecular formula is C11H13ClNO. The fraction of sp³-hybridized carbons (Fsp3) is 0.364. The van der Waals surface area contributed by atoms with Gasteiger partial charge in [-0.2, -0.15) is 0 Å². The van der Waals surface area contributed by atoms with Gasteiger partial charge in [-0.05, 0) is 18.6 Å². The SMILES string of the molecule is ClC1[CH]OCCC1Nc1ccccc1. The normalized spacial score (nSPS) is 27.2. The molecule has 2 rings (SSSR count). The smallest absolute Gasteiger partial charge is 0.103 e. The third-order valence-corrected chi connectivity index (χ3v) is 2.69. The molecule has 3 heteroatoms. The number of anilines is 1. The molecule has 1 N–H and O–H groups in total. The van der Waals surface area contributed by atoms with Crippen LogP contribution in [-0.2, 0) is 4.74 Å². The molecule has 0 aromatic heterocycles. The summed E-state index contributed by atoms with van der Waals surface area (Å²) in [6.45, 7) is 2.44. The van der Waals surface area contributed by atoms with E-state index in [0.717, 1.165) is 18.7 Å². The van der Waals surface area contributed by atoms with E-state index in [4.69, 9.17) is 16.3 Å². The van der Waals surface area contributed by atoms with Gasteiger partial charge in [-0.1, -0.05) is 18.2 Å². The van der Waals surface area contributed by atoms with Crippen LogP contribution >= 0.6 is 11.6 Å². The van der Waals surface area contributed by atoms with Gasteiger partial charge < -0.3 is 10.1 Å². The molecule has 1 aliphatic rings. The zero-order valence-electron chi connectivity index (χ0n) is 7.82. The highest BCUT2D eigenvalue weighted by molar-refractivity contribution is 6.22. The summed E-state index contributed by atoms with van der Waals surface area (Å²) in [6.07, 6.45) is 0.944. The van der Waals surface area contributed by atoms with E-state index in [-0.39, 0.29) is 11.4 Å². The van der Waals surface area contributed by atoms with Crippen molar-refractivity contribution in [2.45, 2.75) is 17.8 Å². The molecule has 1 heterocycles. The first kappa shape index (κ1) is 9.81. The zero-order chi connectivity index (χ0) is 9.80. The first-order valence-corrected chi connectivity index (χ1v) is 5.20. The van der Waals surface area contributed by atoms with Crippen molar-refractivity contribution in [1.82, 2.24) is 0 Å². The van der Waals surface area contributed by atoms with Crippen molar-refractivity contribution in [3.05, 3.63) is 36.9 Å². The van der Waals surface area contributed by atoms with E-state index in [1.165, 1.54) is 0 Å². The van der Waals surface area contributed by atoms with E-state index < -0.39 is 0 Å². The molecule has 0 aliphatic carbocycles. The maximum atomic E-state index is 6.09. The summed E-state index contributed by atoms with van der Waals surface area (Å²) in [5.41, 5.74) is 1.11. The quantitative estimate of drug-likeness (QED) is 0.758. The second-order valence-corrected chi connectivity index (χ2v) is 3.86. The van der Waals surface area contributed by atoms with Gasteiger partial charge in [0.15, 0.2) is 0 Å². The monoisotopic (exact) mass is 210 g/mol. The van der Waals surface area contributed by atoms with E-state index in [2.05, 4.69) is 5.32 Å². The average Bonchev–Trinajstić information content (AvgIpc) is 2.23. The fourth-order valence-electron chi connectivity index (χ4n) is 1.51. The molecule has 0 saturated carbocycles. The molecule has 2 nitrogen and oxygen atoms in total. The Kier molecular flexibility index (Phi) is 3.27. The first-order valence-electron chi connectivity index (χ1n) is 4.77. The van der Waals surface area contributed by atoms with Gasteiger partial charge in [0.25, 0.3) is 0 Å². The molecule has 1 fully saturated rings. The van der Waals surface area contributed by atoms with Gasteiger partial charge in [0, 0.05) is 18.3 Å². The highest BCUT2D eigenvalue weighted by Gasteiger charge is 2.23. The summed E-state index contributed by atoms with van der Waals surface area (Å²) < 4.78 is 5.15. The minimum atomic E-state index is -0.0519. The highest BCUT2D eigenvalue weighted by Crippen LogP contribution is 2.20.